The molecular weight excluding hydrogens is 572 g/mol. The van der Waals surface area contributed by atoms with Gasteiger partial charge in [-0.2, -0.15) is 0 Å². The molecule has 1 fully saturated rings. The van der Waals surface area contributed by atoms with Gasteiger partial charge in [-0.05, 0) is 81.0 Å². The fraction of sp³-hybridized carbons (Fsp3) is 0.406. The number of hydrogen-bond donors (Lipinski definition) is 6. The zero-order valence-corrected chi connectivity index (χ0v) is 26.1. The predicted octanol–water partition coefficient (Wildman–Crippen LogP) is 5.65. The molecule has 4 rings (SSSR count). The van der Waals surface area contributed by atoms with Gasteiger partial charge in [0.05, 0.1) is 23.6 Å². The van der Waals surface area contributed by atoms with E-state index in [1.54, 1.807) is 16.4 Å². The number of nitrogens with one attached hydrogen (secondary N) is 3. The summed E-state index contributed by atoms with van der Waals surface area (Å²) in [5, 5.41) is 20.9. The predicted molar refractivity (Wildman–Crippen MR) is 177 cm³/mol. The van der Waals surface area contributed by atoms with E-state index in [9.17, 15) is 19.0 Å². The van der Waals surface area contributed by atoms with Crippen LogP contribution in [-0.4, -0.2) is 64.2 Å². The number of aliphatic hydroxyl groups is 1. The lowest BCUT2D eigenvalue weighted by atomic mass is 10.00. The first-order valence-electron chi connectivity index (χ1n) is 14.5. The maximum atomic E-state index is 13.6. The maximum Gasteiger partial charge on any atom is 0.251 e. The van der Waals surface area contributed by atoms with Crippen LogP contribution in [0.2, 0.25) is 0 Å². The highest BCUT2D eigenvalue weighted by Crippen LogP contribution is 2.50. The van der Waals surface area contributed by atoms with E-state index < -0.39 is 22.9 Å². The minimum atomic E-state index is -2.94. The van der Waals surface area contributed by atoms with Crippen LogP contribution in [0.25, 0.3) is 0 Å². The minimum absolute atomic E-state index is 0. The second kappa shape index (κ2) is 16.2. The Morgan fingerprint density at radius 1 is 1.02 bits per heavy atom. The Balaban J connectivity index is 0.00000484. The second-order valence-electron chi connectivity index (χ2n) is 10.7. The van der Waals surface area contributed by atoms with Crippen LogP contribution in [0.4, 0.5) is 11.4 Å². The molecule has 0 radical (unpaired) electrons. The molecule has 3 aromatic rings. The monoisotopic (exact) mass is 616 g/mol. The van der Waals surface area contributed by atoms with Crippen molar-refractivity contribution in [3.8, 4) is 0 Å². The first-order chi connectivity index (χ1) is 19.8. The Morgan fingerprint density at radius 3 is 2.48 bits per heavy atom. The third kappa shape index (κ3) is 9.36. The van der Waals surface area contributed by atoms with Gasteiger partial charge in [0.2, 0.25) is 0 Å². The van der Waals surface area contributed by atoms with E-state index in [2.05, 4.69) is 35.0 Å². The molecule has 0 spiro atoms. The molecule has 3 aromatic carbocycles. The third-order valence-corrected chi connectivity index (χ3v) is 9.43. The lowest BCUT2D eigenvalue weighted by molar-refractivity contribution is 0.0831. The van der Waals surface area contributed by atoms with E-state index in [0.29, 0.717) is 49.6 Å². The van der Waals surface area contributed by atoms with E-state index in [1.165, 1.54) is 11.1 Å². The summed E-state index contributed by atoms with van der Waals surface area (Å²) in [4.78, 5) is 13.6. The van der Waals surface area contributed by atoms with Crippen molar-refractivity contribution in [2.45, 2.75) is 51.7 Å². The van der Waals surface area contributed by atoms with Crippen LogP contribution in [0.3, 0.4) is 0 Å². The van der Waals surface area contributed by atoms with Gasteiger partial charge in [-0.15, -0.1) is 23.2 Å². The number of hydrogen-bond acceptors (Lipinski definition) is 7. The van der Waals surface area contributed by atoms with E-state index >= 15 is 0 Å². The van der Waals surface area contributed by atoms with Gasteiger partial charge in [0, 0.05) is 30.9 Å². The number of halogens is 1. The smallest absolute Gasteiger partial charge is 0.251 e. The first kappa shape index (κ1) is 33.7. The molecule has 0 aliphatic carbocycles. The molecule has 0 bridgehead atoms. The molecule has 10 heteroatoms. The summed E-state index contributed by atoms with van der Waals surface area (Å²) in [6, 6.07) is 22.9. The number of amides is 1. The molecule has 42 heavy (non-hydrogen) atoms. The minimum Gasteiger partial charge on any atom is -0.390 e. The van der Waals surface area contributed by atoms with E-state index in [-0.39, 0.29) is 18.3 Å². The molecular formula is C32H45ClN4O4S. The number of anilines is 2. The standard InChI is InChI=1S/C32H44N4O4S.ClH/c1-3-34-28-20-27(21-29(22-28)36-17-9-10-18-41(36,39)40)32(38)35-30(19-25-12-5-4-6-13-25)31(37)23-33-16-15-26-14-8-7-11-24(26)2;/h4-8,11-14,20-22,30-31,33-34,37,39-40H,3,9-10,15-19,23H2,1-2H3,(H,35,38);1H/t30-,31+;/m0./s1. The SMILES string of the molecule is CCNc1cc(C(=O)N[C@@H](Cc2ccccc2)[C@H](O)CNCCc2ccccc2C)cc(N2CCCCS2(O)O)c1.Cl. The number of carbonyl (C=O) groups is 1. The average Bonchev–Trinajstić information content (AvgIpc) is 2.96. The van der Waals surface area contributed by atoms with Crippen molar-refractivity contribution in [1.29, 1.82) is 0 Å². The summed E-state index contributed by atoms with van der Waals surface area (Å²) in [7, 11) is -2.94. The van der Waals surface area contributed by atoms with Gasteiger partial charge < -0.3 is 21.1 Å². The average molecular weight is 617 g/mol. The number of carbonyl (C=O) groups excluding carboxylic acids is 1. The Morgan fingerprint density at radius 2 is 1.76 bits per heavy atom. The molecule has 1 amide bonds. The zero-order valence-electron chi connectivity index (χ0n) is 24.5. The number of rotatable bonds is 13. The topological polar surface area (TPSA) is 117 Å². The molecule has 1 aliphatic rings. The van der Waals surface area contributed by atoms with Gasteiger partial charge in [0.1, 0.15) is 0 Å². The fourth-order valence-electron chi connectivity index (χ4n) is 5.21. The van der Waals surface area contributed by atoms with Crippen molar-refractivity contribution in [3.05, 3.63) is 95.1 Å². The molecule has 1 heterocycles. The normalized spacial score (nSPS) is 16.5. The third-order valence-electron chi connectivity index (χ3n) is 7.50. The number of aliphatic hydroxyl groups excluding tert-OH is 1. The van der Waals surface area contributed by atoms with Crippen molar-refractivity contribution in [1.82, 2.24) is 10.6 Å². The Kier molecular flexibility index (Phi) is 13.0. The number of benzene rings is 3. The van der Waals surface area contributed by atoms with Crippen molar-refractivity contribution in [2.24, 2.45) is 0 Å². The molecule has 0 saturated carbocycles. The van der Waals surface area contributed by atoms with Crippen LogP contribution in [0.15, 0.2) is 72.8 Å². The largest absolute Gasteiger partial charge is 0.390 e. The van der Waals surface area contributed by atoms with Crippen LogP contribution in [0, 0.1) is 6.92 Å². The molecule has 1 aliphatic heterocycles. The summed E-state index contributed by atoms with van der Waals surface area (Å²) in [5.41, 5.74) is 5.26. The molecule has 1 saturated heterocycles. The summed E-state index contributed by atoms with van der Waals surface area (Å²) in [6.45, 7) is 6.29. The van der Waals surface area contributed by atoms with E-state index in [1.807, 2.05) is 55.5 Å². The van der Waals surface area contributed by atoms with Crippen LogP contribution in [0.1, 0.15) is 46.8 Å². The molecule has 0 aromatic heterocycles. The van der Waals surface area contributed by atoms with Crippen LogP contribution in [-0.2, 0) is 12.8 Å². The van der Waals surface area contributed by atoms with Gasteiger partial charge in [0.15, 0.2) is 0 Å². The zero-order chi connectivity index (χ0) is 29.2. The Bertz CT molecular complexity index is 1280. The highest BCUT2D eigenvalue weighted by molar-refractivity contribution is 8.25. The lowest BCUT2D eigenvalue weighted by Crippen LogP contribution is -2.49. The summed E-state index contributed by atoms with van der Waals surface area (Å²) in [6.07, 6.45) is 2.12. The summed E-state index contributed by atoms with van der Waals surface area (Å²) >= 11 is 0. The highest BCUT2D eigenvalue weighted by Gasteiger charge is 2.28. The molecule has 2 atom stereocenters. The maximum absolute atomic E-state index is 13.6. The van der Waals surface area contributed by atoms with Gasteiger partial charge in [-0.1, -0.05) is 54.6 Å². The Labute approximate surface area is 257 Å². The van der Waals surface area contributed by atoms with E-state index in [0.717, 1.165) is 30.5 Å². The van der Waals surface area contributed by atoms with Crippen LogP contribution < -0.4 is 20.3 Å². The molecule has 230 valence electrons. The van der Waals surface area contributed by atoms with Crippen molar-refractivity contribution in [3.63, 3.8) is 0 Å². The van der Waals surface area contributed by atoms with Crippen molar-refractivity contribution < 1.29 is 19.0 Å². The first-order valence-corrected chi connectivity index (χ1v) is 16.1. The molecule has 0 unspecified atom stereocenters. The lowest BCUT2D eigenvalue weighted by Gasteiger charge is -2.47. The van der Waals surface area contributed by atoms with Crippen LogP contribution >= 0.6 is 23.2 Å². The van der Waals surface area contributed by atoms with Gasteiger partial charge in [0.25, 0.3) is 5.91 Å². The van der Waals surface area contributed by atoms with Crippen LogP contribution in [0.5, 0.6) is 0 Å². The van der Waals surface area contributed by atoms with Gasteiger partial charge in [-0.25, -0.2) is 0 Å². The number of nitrogens with zero attached hydrogens (tertiary/aromatic N) is 1. The quantitative estimate of drug-likeness (QED) is 0.137. The second-order valence-corrected chi connectivity index (χ2v) is 12.8. The number of aryl methyl sites for hydroxylation is 1. The summed E-state index contributed by atoms with van der Waals surface area (Å²) in [5.74, 6) is 0.00156. The van der Waals surface area contributed by atoms with Crippen molar-refractivity contribution >= 4 is 40.5 Å². The molecule has 8 nitrogen and oxygen atoms in total. The highest BCUT2D eigenvalue weighted by atomic mass is 35.5. The van der Waals surface area contributed by atoms with E-state index in [4.69, 9.17) is 0 Å². The Hall–Kier alpha value is -2.79. The fourth-order valence-corrected chi connectivity index (χ4v) is 6.88. The molecule has 6 N–H and O–H groups in total. The van der Waals surface area contributed by atoms with Gasteiger partial charge >= 0.3 is 0 Å². The van der Waals surface area contributed by atoms with Gasteiger partial charge in [-0.3, -0.25) is 18.2 Å². The summed E-state index contributed by atoms with van der Waals surface area (Å²) < 4.78 is 23.1. The van der Waals surface area contributed by atoms with Crippen molar-refractivity contribution in [2.75, 3.05) is 41.6 Å².